The van der Waals surface area contributed by atoms with E-state index < -0.39 is 0 Å². The quantitative estimate of drug-likeness (QED) is 0.708. The van der Waals surface area contributed by atoms with Crippen LogP contribution in [0.3, 0.4) is 0 Å². The van der Waals surface area contributed by atoms with Gasteiger partial charge in [0.2, 0.25) is 0 Å². The number of aryl methyl sites for hydroxylation is 1. The van der Waals surface area contributed by atoms with Crippen LogP contribution in [0.15, 0.2) is 24.3 Å². The van der Waals surface area contributed by atoms with Gasteiger partial charge in [-0.05, 0) is 31.9 Å². The summed E-state index contributed by atoms with van der Waals surface area (Å²) in [5.74, 6) is -0.0328. The van der Waals surface area contributed by atoms with Crippen LogP contribution >= 0.6 is 0 Å². The number of amides is 1. The Balaban J connectivity index is 2.18. The number of aldehydes is 1. The zero-order valence-electron chi connectivity index (χ0n) is 9.35. The number of hydrogen-bond donors (Lipinski definition) is 0. The van der Waals surface area contributed by atoms with E-state index in [4.69, 9.17) is 0 Å². The molecule has 0 N–H and O–H groups in total. The third-order valence-corrected chi connectivity index (χ3v) is 3.02. The molecule has 0 spiro atoms. The van der Waals surface area contributed by atoms with Crippen LogP contribution in [0.25, 0.3) is 0 Å². The fourth-order valence-electron chi connectivity index (χ4n) is 2.05. The summed E-state index contributed by atoms with van der Waals surface area (Å²) >= 11 is 0. The summed E-state index contributed by atoms with van der Waals surface area (Å²) in [6, 6.07) is 7.24. The van der Waals surface area contributed by atoms with E-state index >= 15 is 0 Å². The van der Waals surface area contributed by atoms with E-state index in [-0.39, 0.29) is 11.9 Å². The van der Waals surface area contributed by atoms with Gasteiger partial charge in [0.25, 0.3) is 5.91 Å². The van der Waals surface area contributed by atoms with Crippen LogP contribution in [0, 0.1) is 6.92 Å². The van der Waals surface area contributed by atoms with Gasteiger partial charge in [-0.2, -0.15) is 0 Å². The molecular formula is C13H15NO2. The Bertz CT molecular complexity index is 397. The molecular weight excluding hydrogens is 202 g/mol. The normalized spacial score (nSPS) is 19.8. The summed E-state index contributed by atoms with van der Waals surface area (Å²) in [6.45, 7) is 2.68. The highest BCUT2D eigenvalue weighted by Crippen LogP contribution is 2.18. The van der Waals surface area contributed by atoms with Crippen molar-refractivity contribution in [1.82, 2.24) is 4.90 Å². The molecule has 0 bridgehead atoms. The van der Waals surface area contributed by atoms with Gasteiger partial charge >= 0.3 is 0 Å². The zero-order chi connectivity index (χ0) is 11.5. The minimum Gasteiger partial charge on any atom is -0.329 e. The molecule has 0 saturated carbocycles. The van der Waals surface area contributed by atoms with Crippen LogP contribution < -0.4 is 0 Å². The molecule has 1 unspecified atom stereocenters. The Kier molecular flexibility index (Phi) is 3.04. The average Bonchev–Trinajstić information content (AvgIpc) is 2.77. The molecule has 16 heavy (non-hydrogen) atoms. The lowest BCUT2D eigenvalue weighted by molar-refractivity contribution is -0.111. The molecule has 1 aromatic rings. The first kappa shape index (κ1) is 10.9. The number of benzene rings is 1. The van der Waals surface area contributed by atoms with Gasteiger partial charge in [0.1, 0.15) is 6.29 Å². The SMILES string of the molecule is Cc1ccc(C(=O)N2CCCC2C=O)cc1. The van der Waals surface area contributed by atoms with E-state index in [1.54, 1.807) is 4.90 Å². The Hall–Kier alpha value is -1.64. The van der Waals surface area contributed by atoms with Gasteiger partial charge in [-0.1, -0.05) is 17.7 Å². The molecule has 1 amide bonds. The molecule has 1 heterocycles. The third kappa shape index (κ3) is 1.98. The molecule has 1 saturated heterocycles. The van der Waals surface area contributed by atoms with Gasteiger partial charge in [-0.15, -0.1) is 0 Å². The second-order valence-corrected chi connectivity index (χ2v) is 4.21. The zero-order valence-corrected chi connectivity index (χ0v) is 9.35. The van der Waals surface area contributed by atoms with Crippen LogP contribution in [-0.4, -0.2) is 29.7 Å². The molecule has 1 aliphatic heterocycles. The number of likely N-dealkylation sites (tertiary alicyclic amines) is 1. The van der Waals surface area contributed by atoms with E-state index in [2.05, 4.69) is 0 Å². The molecule has 1 aromatic carbocycles. The second-order valence-electron chi connectivity index (χ2n) is 4.21. The number of nitrogens with zero attached hydrogens (tertiary/aromatic N) is 1. The summed E-state index contributed by atoms with van der Waals surface area (Å²) in [5.41, 5.74) is 1.80. The lowest BCUT2D eigenvalue weighted by Crippen LogP contribution is -2.36. The number of rotatable bonds is 2. The number of hydrogen-bond acceptors (Lipinski definition) is 2. The van der Waals surface area contributed by atoms with Crippen LogP contribution in [0.1, 0.15) is 28.8 Å². The maximum atomic E-state index is 12.1. The van der Waals surface area contributed by atoms with Crippen LogP contribution in [-0.2, 0) is 4.79 Å². The summed E-state index contributed by atoms with van der Waals surface area (Å²) in [5, 5.41) is 0. The van der Waals surface area contributed by atoms with E-state index in [0.717, 1.165) is 24.7 Å². The topological polar surface area (TPSA) is 37.4 Å². The van der Waals surface area contributed by atoms with E-state index in [1.165, 1.54) is 0 Å². The van der Waals surface area contributed by atoms with Gasteiger partial charge in [-0.25, -0.2) is 0 Å². The van der Waals surface area contributed by atoms with Crippen molar-refractivity contribution in [2.24, 2.45) is 0 Å². The van der Waals surface area contributed by atoms with Crippen molar-refractivity contribution in [3.8, 4) is 0 Å². The first-order valence-electron chi connectivity index (χ1n) is 5.55. The summed E-state index contributed by atoms with van der Waals surface area (Å²) in [7, 11) is 0. The predicted molar refractivity (Wildman–Crippen MR) is 61.3 cm³/mol. The second kappa shape index (κ2) is 4.47. The molecule has 3 heteroatoms. The van der Waals surface area contributed by atoms with E-state index in [0.29, 0.717) is 12.1 Å². The van der Waals surface area contributed by atoms with Crippen LogP contribution in [0.4, 0.5) is 0 Å². The Morgan fingerprint density at radius 1 is 1.38 bits per heavy atom. The fraction of sp³-hybridized carbons (Fsp3) is 0.385. The van der Waals surface area contributed by atoms with E-state index in [9.17, 15) is 9.59 Å². The number of carbonyl (C=O) groups excluding carboxylic acids is 2. The van der Waals surface area contributed by atoms with Crippen molar-refractivity contribution in [1.29, 1.82) is 0 Å². The number of carbonyl (C=O) groups is 2. The predicted octanol–water partition coefficient (Wildman–Crippen LogP) is 1.80. The Morgan fingerprint density at radius 3 is 2.69 bits per heavy atom. The van der Waals surface area contributed by atoms with Crippen molar-refractivity contribution in [2.75, 3.05) is 6.54 Å². The van der Waals surface area contributed by atoms with Crippen LogP contribution in [0.2, 0.25) is 0 Å². The molecule has 84 valence electrons. The lowest BCUT2D eigenvalue weighted by Gasteiger charge is -2.20. The first-order valence-corrected chi connectivity index (χ1v) is 5.55. The highest BCUT2D eigenvalue weighted by Gasteiger charge is 2.28. The maximum Gasteiger partial charge on any atom is 0.254 e. The van der Waals surface area contributed by atoms with Gasteiger partial charge in [0.05, 0.1) is 6.04 Å². The van der Waals surface area contributed by atoms with Crippen molar-refractivity contribution in [2.45, 2.75) is 25.8 Å². The highest BCUT2D eigenvalue weighted by atomic mass is 16.2. The minimum absolute atomic E-state index is 0.0328. The Labute approximate surface area is 95.1 Å². The monoisotopic (exact) mass is 217 g/mol. The summed E-state index contributed by atoms with van der Waals surface area (Å²) in [4.78, 5) is 24.6. The molecule has 1 aliphatic rings. The molecule has 0 radical (unpaired) electrons. The van der Waals surface area contributed by atoms with Crippen molar-refractivity contribution in [3.05, 3.63) is 35.4 Å². The van der Waals surface area contributed by atoms with Gasteiger partial charge in [0, 0.05) is 12.1 Å². The fourth-order valence-corrected chi connectivity index (χ4v) is 2.05. The molecule has 2 rings (SSSR count). The summed E-state index contributed by atoms with van der Waals surface area (Å²) in [6.07, 6.45) is 2.58. The van der Waals surface area contributed by atoms with Gasteiger partial charge in [0.15, 0.2) is 0 Å². The molecule has 1 atom stereocenters. The van der Waals surface area contributed by atoms with Gasteiger partial charge in [-0.3, -0.25) is 4.79 Å². The van der Waals surface area contributed by atoms with Gasteiger partial charge < -0.3 is 9.69 Å². The Morgan fingerprint density at radius 2 is 2.06 bits per heavy atom. The molecule has 0 aliphatic carbocycles. The average molecular weight is 217 g/mol. The highest BCUT2D eigenvalue weighted by molar-refractivity contribution is 5.96. The molecule has 0 aromatic heterocycles. The smallest absolute Gasteiger partial charge is 0.254 e. The van der Waals surface area contributed by atoms with Crippen LogP contribution in [0.5, 0.6) is 0 Å². The maximum absolute atomic E-state index is 12.1. The minimum atomic E-state index is -0.228. The van der Waals surface area contributed by atoms with Crippen molar-refractivity contribution < 1.29 is 9.59 Å². The first-order chi connectivity index (χ1) is 7.72. The standard InChI is InChI=1S/C13H15NO2/c1-10-4-6-11(7-5-10)13(16)14-8-2-3-12(14)9-15/h4-7,9,12H,2-3,8H2,1H3. The molecule has 3 nitrogen and oxygen atoms in total. The third-order valence-electron chi connectivity index (χ3n) is 3.02. The molecule has 1 fully saturated rings. The van der Waals surface area contributed by atoms with E-state index in [1.807, 2.05) is 31.2 Å². The van der Waals surface area contributed by atoms with Crippen molar-refractivity contribution >= 4 is 12.2 Å². The lowest BCUT2D eigenvalue weighted by atomic mass is 10.1. The summed E-state index contributed by atoms with van der Waals surface area (Å²) < 4.78 is 0. The van der Waals surface area contributed by atoms with Crippen molar-refractivity contribution in [3.63, 3.8) is 0 Å². The largest absolute Gasteiger partial charge is 0.329 e.